The zero-order valence-corrected chi connectivity index (χ0v) is 16.2. The second kappa shape index (κ2) is 7.67. The summed E-state index contributed by atoms with van der Waals surface area (Å²) in [6.07, 6.45) is 1.36. The molecule has 0 aliphatic heterocycles. The van der Waals surface area contributed by atoms with E-state index in [1.54, 1.807) is 0 Å². The predicted molar refractivity (Wildman–Crippen MR) is 109 cm³/mol. The molecule has 0 spiro atoms. The Morgan fingerprint density at radius 2 is 1.79 bits per heavy atom. The number of amides is 1. The Bertz CT molecular complexity index is 1220. The van der Waals surface area contributed by atoms with Gasteiger partial charge in [0, 0.05) is 6.54 Å². The molecule has 8 heteroatoms. The Hall–Kier alpha value is -3.81. The molecule has 2 aromatic carbocycles. The first kappa shape index (κ1) is 18.5. The van der Waals surface area contributed by atoms with Crippen LogP contribution in [0.25, 0.3) is 16.9 Å². The Labute approximate surface area is 166 Å². The first-order chi connectivity index (χ1) is 14.0. The minimum Gasteiger partial charge on any atom is -0.350 e. The van der Waals surface area contributed by atoms with Crippen molar-refractivity contribution in [2.45, 2.75) is 26.9 Å². The lowest BCUT2D eigenvalue weighted by Gasteiger charge is -2.08. The van der Waals surface area contributed by atoms with Gasteiger partial charge in [0.15, 0.2) is 11.2 Å². The van der Waals surface area contributed by atoms with Crippen molar-refractivity contribution in [1.29, 1.82) is 0 Å². The Kier molecular flexibility index (Phi) is 4.90. The van der Waals surface area contributed by atoms with Crippen molar-refractivity contribution in [3.8, 4) is 5.69 Å². The Morgan fingerprint density at radius 3 is 2.52 bits per heavy atom. The molecule has 2 aromatic heterocycles. The normalized spacial score (nSPS) is 11.0. The summed E-state index contributed by atoms with van der Waals surface area (Å²) in [5.41, 5.74) is 4.01. The first-order valence-corrected chi connectivity index (χ1v) is 9.21. The average Bonchev–Trinajstić information content (AvgIpc) is 3.13. The summed E-state index contributed by atoms with van der Waals surface area (Å²) in [5.74, 6) is -0.279. The van der Waals surface area contributed by atoms with E-state index in [1.807, 2.05) is 56.3 Å². The van der Waals surface area contributed by atoms with E-state index in [0.29, 0.717) is 12.2 Å². The number of nitrogens with one attached hydrogen (secondary N) is 1. The van der Waals surface area contributed by atoms with Crippen LogP contribution in [0.3, 0.4) is 0 Å². The summed E-state index contributed by atoms with van der Waals surface area (Å²) in [6.45, 7) is 4.24. The fourth-order valence-corrected chi connectivity index (χ4v) is 3.21. The lowest BCUT2D eigenvalue weighted by molar-refractivity contribution is -0.121. The van der Waals surface area contributed by atoms with E-state index in [0.717, 1.165) is 22.4 Å². The van der Waals surface area contributed by atoms with Gasteiger partial charge in [0.1, 0.15) is 12.9 Å². The molecule has 4 rings (SSSR count). The molecule has 2 heterocycles. The van der Waals surface area contributed by atoms with Gasteiger partial charge in [-0.15, -0.1) is 5.10 Å². The maximum absolute atomic E-state index is 12.7. The van der Waals surface area contributed by atoms with Crippen LogP contribution >= 0.6 is 0 Å². The van der Waals surface area contributed by atoms with Gasteiger partial charge in [-0.2, -0.15) is 4.68 Å². The van der Waals surface area contributed by atoms with E-state index in [2.05, 4.69) is 26.7 Å². The monoisotopic (exact) mass is 388 g/mol. The molecule has 0 bridgehead atoms. The fourth-order valence-electron chi connectivity index (χ4n) is 3.21. The SMILES string of the molecule is Cc1cc(C)cc(-n2nnc3c(=O)n(CC(=O)NCc4ccccc4)cnc32)c1. The highest BCUT2D eigenvalue weighted by Gasteiger charge is 2.15. The van der Waals surface area contributed by atoms with Gasteiger partial charge in [0.05, 0.1) is 5.69 Å². The summed E-state index contributed by atoms with van der Waals surface area (Å²) < 4.78 is 2.78. The third kappa shape index (κ3) is 3.91. The molecule has 0 saturated heterocycles. The lowest BCUT2D eigenvalue weighted by Crippen LogP contribution is -2.32. The molecule has 0 aliphatic rings. The smallest absolute Gasteiger partial charge is 0.284 e. The van der Waals surface area contributed by atoms with E-state index in [1.165, 1.54) is 15.6 Å². The Balaban J connectivity index is 1.57. The number of aromatic nitrogens is 5. The van der Waals surface area contributed by atoms with Gasteiger partial charge >= 0.3 is 0 Å². The average molecular weight is 388 g/mol. The van der Waals surface area contributed by atoms with Crippen molar-refractivity contribution in [2.24, 2.45) is 0 Å². The van der Waals surface area contributed by atoms with Gasteiger partial charge in [-0.25, -0.2) is 4.98 Å². The number of fused-ring (bicyclic) bond motifs is 1. The molecule has 0 radical (unpaired) electrons. The van der Waals surface area contributed by atoms with Crippen LogP contribution in [0, 0.1) is 13.8 Å². The molecule has 0 atom stereocenters. The minimum absolute atomic E-state index is 0.127. The quantitative estimate of drug-likeness (QED) is 0.564. The van der Waals surface area contributed by atoms with Crippen molar-refractivity contribution in [3.05, 3.63) is 81.9 Å². The van der Waals surface area contributed by atoms with E-state index in [4.69, 9.17) is 0 Å². The lowest BCUT2D eigenvalue weighted by atomic mass is 10.1. The summed E-state index contributed by atoms with van der Waals surface area (Å²) in [7, 11) is 0. The van der Waals surface area contributed by atoms with Crippen LogP contribution in [0.1, 0.15) is 16.7 Å². The molecular formula is C21H20N6O2. The summed E-state index contributed by atoms with van der Waals surface area (Å²) in [4.78, 5) is 29.3. The zero-order valence-electron chi connectivity index (χ0n) is 16.2. The number of hydrogen-bond donors (Lipinski definition) is 1. The number of benzene rings is 2. The van der Waals surface area contributed by atoms with Gasteiger partial charge in [0.2, 0.25) is 5.91 Å². The largest absolute Gasteiger partial charge is 0.350 e. The highest BCUT2D eigenvalue weighted by Crippen LogP contribution is 2.15. The second-order valence-electron chi connectivity index (χ2n) is 6.96. The fraction of sp³-hybridized carbons (Fsp3) is 0.190. The van der Waals surface area contributed by atoms with E-state index in [9.17, 15) is 9.59 Å². The molecule has 29 heavy (non-hydrogen) atoms. The third-order valence-electron chi connectivity index (χ3n) is 4.53. The van der Waals surface area contributed by atoms with Gasteiger partial charge in [0.25, 0.3) is 5.56 Å². The van der Waals surface area contributed by atoms with Crippen molar-refractivity contribution in [3.63, 3.8) is 0 Å². The topological polar surface area (TPSA) is 94.7 Å². The minimum atomic E-state index is -0.402. The summed E-state index contributed by atoms with van der Waals surface area (Å²) in [5, 5.41) is 10.9. The van der Waals surface area contributed by atoms with Crippen LogP contribution in [-0.4, -0.2) is 30.5 Å². The molecule has 8 nitrogen and oxygen atoms in total. The van der Waals surface area contributed by atoms with Crippen molar-refractivity contribution >= 4 is 17.1 Å². The molecule has 0 aliphatic carbocycles. The Morgan fingerprint density at radius 1 is 1.07 bits per heavy atom. The molecule has 0 fully saturated rings. The van der Waals surface area contributed by atoms with Crippen molar-refractivity contribution < 1.29 is 4.79 Å². The highest BCUT2D eigenvalue weighted by atomic mass is 16.2. The maximum Gasteiger partial charge on any atom is 0.284 e. The van der Waals surface area contributed by atoms with Crippen LogP contribution in [0.15, 0.2) is 59.7 Å². The van der Waals surface area contributed by atoms with Gasteiger partial charge in [-0.1, -0.05) is 41.6 Å². The molecule has 1 N–H and O–H groups in total. The number of rotatable bonds is 5. The third-order valence-corrected chi connectivity index (χ3v) is 4.53. The molecular weight excluding hydrogens is 368 g/mol. The van der Waals surface area contributed by atoms with E-state index < -0.39 is 5.56 Å². The van der Waals surface area contributed by atoms with Crippen LogP contribution in [0.4, 0.5) is 0 Å². The van der Waals surface area contributed by atoms with Gasteiger partial charge in [-0.05, 0) is 42.7 Å². The van der Waals surface area contributed by atoms with Crippen LogP contribution in [0.2, 0.25) is 0 Å². The number of nitrogens with zero attached hydrogens (tertiary/aromatic N) is 5. The number of carbonyl (C=O) groups is 1. The summed E-state index contributed by atoms with van der Waals surface area (Å²) >= 11 is 0. The zero-order chi connectivity index (χ0) is 20.4. The first-order valence-electron chi connectivity index (χ1n) is 9.21. The molecule has 4 aromatic rings. The van der Waals surface area contributed by atoms with E-state index in [-0.39, 0.29) is 18.0 Å². The standard InChI is InChI=1S/C21H20N6O2/c1-14-8-15(2)10-17(9-14)27-20-19(24-25-27)21(29)26(13-23-20)12-18(28)22-11-16-6-4-3-5-7-16/h3-10,13H,11-12H2,1-2H3,(H,22,28). The molecule has 146 valence electrons. The predicted octanol–water partition coefficient (Wildman–Crippen LogP) is 1.91. The van der Waals surface area contributed by atoms with Crippen LogP contribution in [0.5, 0.6) is 0 Å². The second-order valence-corrected chi connectivity index (χ2v) is 6.96. The number of carbonyl (C=O) groups excluding carboxylic acids is 1. The van der Waals surface area contributed by atoms with Crippen molar-refractivity contribution in [1.82, 2.24) is 29.9 Å². The van der Waals surface area contributed by atoms with Crippen LogP contribution < -0.4 is 10.9 Å². The number of aryl methyl sites for hydroxylation is 2. The van der Waals surface area contributed by atoms with Crippen LogP contribution in [-0.2, 0) is 17.9 Å². The van der Waals surface area contributed by atoms with Gasteiger partial charge in [-0.3, -0.25) is 14.2 Å². The maximum atomic E-state index is 12.7. The molecule has 1 amide bonds. The molecule has 0 saturated carbocycles. The number of hydrogen-bond acceptors (Lipinski definition) is 5. The molecule has 0 unspecified atom stereocenters. The van der Waals surface area contributed by atoms with Gasteiger partial charge < -0.3 is 5.32 Å². The summed E-state index contributed by atoms with van der Waals surface area (Å²) in [6, 6.07) is 15.5. The highest BCUT2D eigenvalue weighted by molar-refractivity contribution is 5.76. The van der Waals surface area contributed by atoms with E-state index >= 15 is 0 Å². The van der Waals surface area contributed by atoms with Crippen molar-refractivity contribution in [2.75, 3.05) is 0 Å².